The van der Waals surface area contributed by atoms with E-state index in [1.54, 1.807) is 6.21 Å². The van der Waals surface area contributed by atoms with E-state index in [1.165, 1.54) is 0 Å². The summed E-state index contributed by atoms with van der Waals surface area (Å²) < 4.78 is 0. The van der Waals surface area contributed by atoms with Crippen LogP contribution in [0.5, 0.6) is 0 Å². The van der Waals surface area contributed by atoms with Crippen LogP contribution in [0.2, 0.25) is 0 Å². The summed E-state index contributed by atoms with van der Waals surface area (Å²) in [7, 11) is 0. The fraction of sp³-hybridized carbons (Fsp3) is 0.455. The monoisotopic (exact) mass is 176 g/mol. The van der Waals surface area contributed by atoms with Gasteiger partial charge in [0.15, 0.2) is 0 Å². The summed E-state index contributed by atoms with van der Waals surface area (Å²) in [6, 6.07) is 0. The van der Waals surface area contributed by atoms with E-state index in [0.29, 0.717) is 5.71 Å². The van der Waals surface area contributed by atoms with Gasteiger partial charge in [0.25, 0.3) is 0 Å². The lowest BCUT2D eigenvalue weighted by Gasteiger charge is -2.21. The third-order valence-electron chi connectivity index (χ3n) is 2.01. The molecule has 0 aliphatic carbocycles. The standard InChI is InChI=1S/C11H16N2/c1-5-8-7-13-10(6-9(8)12)11(2,3)4/h5-7,12H,1-4H3/b8-5-,12-9?. The van der Waals surface area contributed by atoms with Crippen LogP contribution in [0.15, 0.2) is 28.4 Å². The molecule has 2 heteroatoms. The lowest BCUT2D eigenvalue weighted by Crippen LogP contribution is -2.14. The van der Waals surface area contributed by atoms with Crippen molar-refractivity contribution in [2.24, 2.45) is 10.4 Å². The smallest absolute Gasteiger partial charge is 0.0642 e. The first-order valence-electron chi connectivity index (χ1n) is 4.46. The summed E-state index contributed by atoms with van der Waals surface area (Å²) in [5, 5.41) is 7.72. The van der Waals surface area contributed by atoms with Crippen molar-refractivity contribution in [3.05, 3.63) is 23.4 Å². The molecule has 0 saturated heterocycles. The normalized spacial score (nSPS) is 20.8. The summed E-state index contributed by atoms with van der Waals surface area (Å²) in [6.45, 7) is 8.23. The highest BCUT2D eigenvalue weighted by molar-refractivity contribution is 6.21. The number of aliphatic imine (C=N–C) groups is 1. The molecule has 0 bridgehead atoms. The van der Waals surface area contributed by atoms with Crippen molar-refractivity contribution < 1.29 is 0 Å². The fourth-order valence-corrected chi connectivity index (χ4v) is 1.11. The zero-order valence-electron chi connectivity index (χ0n) is 8.68. The average Bonchev–Trinajstić information content (AvgIpc) is 2.02. The molecule has 70 valence electrons. The molecule has 1 aliphatic rings. The molecule has 1 N–H and O–H groups in total. The van der Waals surface area contributed by atoms with Crippen LogP contribution >= 0.6 is 0 Å². The van der Waals surface area contributed by atoms with Gasteiger partial charge in [0.1, 0.15) is 0 Å². The average molecular weight is 176 g/mol. The van der Waals surface area contributed by atoms with E-state index in [0.717, 1.165) is 11.3 Å². The van der Waals surface area contributed by atoms with E-state index < -0.39 is 0 Å². The zero-order valence-corrected chi connectivity index (χ0v) is 8.68. The third-order valence-corrected chi connectivity index (χ3v) is 2.01. The second kappa shape index (κ2) is 3.29. The second-order valence-electron chi connectivity index (χ2n) is 4.20. The molecule has 0 saturated carbocycles. The highest BCUT2D eigenvalue weighted by Crippen LogP contribution is 2.28. The van der Waals surface area contributed by atoms with E-state index >= 15 is 0 Å². The Bertz CT molecular complexity index is 311. The predicted molar refractivity (Wildman–Crippen MR) is 57.5 cm³/mol. The first-order valence-corrected chi connectivity index (χ1v) is 4.46. The zero-order chi connectivity index (χ0) is 10.1. The van der Waals surface area contributed by atoms with Gasteiger partial charge in [-0.1, -0.05) is 26.8 Å². The highest BCUT2D eigenvalue weighted by Gasteiger charge is 2.19. The molecule has 0 spiro atoms. The molecular formula is C11H16N2. The molecule has 0 atom stereocenters. The van der Waals surface area contributed by atoms with Crippen LogP contribution in [-0.4, -0.2) is 11.9 Å². The molecule has 1 rings (SSSR count). The van der Waals surface area contributed by atoms with E-state index in [9.17, 15) is 0 Å². The van der Waals surface area contributed by atoms with Gasteiger partial charge in [0.05, 0.1) is 5.71 Å². The number of nitrogens with one attached hydrogen (secondary N) is 1. The minimum atomic E-state index is 0.0298. The molecule has 1 heterocycles. The lowest BCUT2D eigenvalue weighted by molar-refractivity contribution is 0.499. The Kier molecular flexibility index (Phi) is 2.50. The van der Waals surface area contributed by atoms with Crippen LogP contribution in [0.1, 0.15) is 27.7 Å². The molecule has 0 radical (unpaired) electrons. The third kappa shape index (κ3) is 2.14. The van der Waals surface area contributed by atoms with Gasteiger partial charge in [0.2, 0.25) is 0 Å². The quantitative estimate of drug-likeness (QED) is 0.589. The van der Waals surface area contributed by atoms with Gasteiger partial charge in [-0.3, -0.25) is 4.99 Å². The van der Waals surface area contributed by atoms with Crippen molar-refractivity contribution in [2.75, 3.05) is 0 Å². The Balaban J connectivity index is 3.00. The minimum absolute atomic E-state index is 0.0298. The first kappa shape index (κ1) is 9.90. The van der Waals surface area contributed by atoms with Gasteiger partial charge in [-0.05, 0) is 13.0 Å². The molecule has 0 aromatic heterocycles. The van der Waals surface area contributed by atoms with Crippen molar-refractivity contribution in [2.45, 2.75) is 27.7 Å². The van der Waals surface area contributed by atoms with Crippen molar-refractivity contribution >= 4 is 11.9 Å². The fourth-order valence-electron chi connectivity index (χ4n) is 1.11. The maximum atomic E-state index is 7.72. The van der Waals surface area contributed by atoms with Crippen LogP contribution in [0.25, 0.3) is 0 Å². The summed E-state index contributed by atoms with van der Waals surface area (Å²) in [5.74, 6) is 0. The van der Waals surface area contributed by atoms with Crippen LogP contribution in [0.3, 0.4) is 0 Å². The lowest BCUT2D eigenvalue weighted by atomic mass is 9.89. The molecule has 0 aromatic carbocycles. The molecule has 0 aromatic rings. The molecule has 1 aliphatic heterocycles. The molecule has 0 amide bonds. The van der Waals surface area contributed by atoms with Crippen LogP contribution < -0.4 is 0 Å². The first-order chi connectivity index (χ1) is 5.95. The minimum Gasteiger partial charge on any atom is -0.300 e. The SMILES string of the molecule is C/C=C1/C=NC(C(C)(C)C)=CC1=N. The molecule has 2 nitrogen and oxygen atoms in total. The summed E-state index contributed by atoms with van der Waals surface area (Å²) in [4.78, 5) is 4.33. The van der Waals surface area contributed by atoms with E-state index in [1.807, 2.05) is 19.1 Å². The highest BCUT2D eigenvalue weighted by atomic mass is 14.8. The van der Waals surface area contributed by atoms with Crippen molar-refractivity contribution in [3.63, 3.8) is 0 Å². The maximum absolute atomic E-state index is 7.72. The van der Waals surface area contributed by atoms with E-state index in [-0.39, 0.29) is 5.41 Å². The number of hydrogen-bond donors (Lipinski definition) is 1. The summed E-state index contributed by atoms with van der Waals surface area (Å²) in [6.07, 6.45) is 5.51. The van der Waals surface area contributed by atoms with Gasteiger partial charge in [0, 0.05) is 22.9 Å². The second-order valence-corrected chi connectivity index (χ2v) is 4.20. The molecule has 0 fully saturated rings. The van der Waals surface area contributed by atoms with Gasteiger partial charge >= 0.3 is 0 Å². The van der Waals surface area contributed by atoms with E-state index in [2.05, 4.69) is 25.8 Å². The Morgan fingerprint density at radius 3 is 2.38 bits per heavy atom. The number of hydrogen-bond acceptors (Lipinski definition) is 2. The molecular weight excluding hydrogens is 160 g/mol. The van der Waals surface area contributed by atoms with Gasteiger partial charge in [-0.25, -0.2) is 0 Å². The largest absolute Gasteiger partial charge is 0.300 e. The van der Waals surface area contributed by atoms with Gasteiger partial charge < -0.3 is 5.41 Å². The molecule has 13 heavy (non-hydrogen) atoms. The number of allylic oxidation sites excluding steroid dienone is 4. The maximum Gasteiger partial charge on any atom is 0.0642 e. The number of rotatable bonds is 0. The summed E-state index contributed by atoms with van der Waals surface area (Å²) >= 11 is 0. The molecule has 0 unspecified atom stereocenters. The Hall–Kier alpha value is -1.18. The van der Waals surface area contributed by atoms with Crippen molar-refractivity contribution in [1.82, 2.24) is 0 Å². The van der Waals surface area contributed by atoms with Gasteiger partial charge in [-0.15, -0.1) is 0 Å². The van der Waals surface area contributed by atoms with Crippen LogP contribution in [0.4, 0.5) is 0 Å². The van der Waals surface area contributed by atoms with Crippen LogP contribution in [0, 0.1) is 10.8 Å². The van der Waals surface area contributed by atoms with Crippen LogP contribution in [-0.2, 0) is 0 Å². The Morgan fingerprint density at radius 1 is 1.38 bits per heavy atom. The van der Waals surface area contributed by atoms with E-state index in [4.69, 9.17) is 5.41 Å². The van der Waals surface area contributed by atoms with Crippen molar-refractivity contribution in [1.29, 1.82) is 5.41 Å². The summed E-state index contributed by atoms with van der Waals surface area (Å²) in [5.41, 5.74) is 2.46. The van der Waals surface area contributed by atoms with Crippen molar-refractivity contribution in [3.8, 4) is 0 Å². The predicted octanol–water partition coefficient (Wildman–Crippen LogP) is 2.97. The van der Waals surface area contributed by atoms with Gasteiger partial charge in [-0.2, -0.15) is 0 Å². The topological polar surface area (TPSA) is 36.2 Å². The Labute approximate surface area is 79.6 Å². The Morgan fingerprint density at radius 2 is 2.00 bits per heavy atom. The number of nitrogens with zero attached hydrogens (tertiary/aromatic N) is 1.